The monoisotopic (exact) mass is 260 g/mol. The molecule has 0 aliphatic rings. The number of primary amides is 1. The molecule has 0 fully saturated rings. The molecule has 1 aromatic heterocycles. The third-order valence-corrected chi connectivity index (χ3v) is 4.08. The van der Waals surface area contributed by atoms with Crippen LogP contribution in [0.1, 0.15) is 40.0 Å². The summed E-state index contributed by atoms with van der Waals surface area (Å²) in [4.78, 5) is 16.7. The van der Waals surface area contributed by atoms with Crippen molar-refractivity contribution in [2.75, 3.05) is 0 Å². The molecule has 0 atom stereocenters. The largest absolute Gasteiger partial charge is 0.364 e. The summed E-state index contributed by atoms with van der Waals surface area (Å²) in [6, 6.07) is 8.15. The SMILES string of the molecule is Cc1ccc(-c2nc(C(N)=O)sc2C(C)C)cc1. The lowest BCUT2D eigenvalue weighted by molar-refractivity contribution is 0.1000. The number of amides is 1. The standard InChI is InChI=1S/C14H16N2OS/c1-8(2)12-11(16-14(18-12)13(15)17)10-6-4-9(3)5-7-10/h4-8H,1-3H3,(H2,15,17). The molecule has 2 N–H and O–H groups in total. The van der Waals surface area contributed by atoms with Crippen LogP contribution >= 0.6 is 11.3 Å². The van der Waals surface area contributed by atoms with Crippen molar-refractivity contribution in [2.45, 2.75) is 26.7 Å². The number of nitrogens with two attached hydrogens (primary N) is 1. The fourth-order valence-electron chi connectivity index (χ4n) is 1.75. The van der Waals surface area contributed by atoms with Gasteiger partial charge in [-0.05, 0) is 12.8 Å². The molecule has 94 valence electrons. The van der Waals surface area contributed by atoms with E-state index in [0.29, 0.717) is 10.9 Å². The molecule has 1 heterocycles. The van der Waals surface area contributed by atoms with Gasteiger partial charge in [0.15, 0.2) is 5.01 Å². The van der Waals surface area contributed by atoms with Gasteiger partial charge in [0.25, 0.3) is 5.91 Å². The number of aryl methyl sites for hydroxylation is 1. The van der Waals surface area contributed by atoms with Gasteiger partial charge in [0.1, 0.15) is 0 Å². The summed E-state index contributed by atoms with van der Waals surface area (Å²) in [5, 5.41) is 0.384. The number of thiazole rings is 1. The number of rotatable bonds is 3. The highest BCUT2D eigenvalue weighted by Crippen LogP contribution is 2.33. The van der Waals surface area contributed by atoms with Crippen molar-refractivity contribution in [3.05, 3.63) is 39.7 Å². The van der Waals surface area contributed by atoms with Gasteiger partial charge in [0.2, 0.25) is 0 Å². The second-order valence-corrected chi connectivity index (χ2v) is 5.65. The number of hydrogen-bond donors (Lipinski definition) is 1. The maximum absolute atomic E-state index is 11.2. The Labute approximate surface area is 111 Å². The Hall–Kier alpha value is -1.68. The Kier molecular flexibility index (Phi) is 3.48. The fourth-order valence-corrected chi connectivity index (χ4v) is 2.69. The summed E-state index contributed by atoms with van der Waals surface area (Å²) in [6.45, 7) is 6.23. The van der Waals surface area contributed by atoms with Crippen LogP contribution in [0.25, 0.3) is 11.3 Å². The topological polar surface area (TPSA) is 56.0 Å². The van der Waals surface area contributed by atoms with E-state index in [9.17, 15) is 4.79 Å². The van der Waals surface area contributed by atoms with Crippen LogP contribution in [-0.2, 0) is 0 Å². The zero-order valence-corrected chi connectivity index (χ0v) is 11.5. The molecule has 3 nitrogen and oxygen atoms in total. The van der Waals surface area contributed by atoms with Gasteiger partial charge in [-0.3, -0.25) is 4.79 Å². The average molecular weight is 260 g/mol. The van der Waals surface area contributed by atoms with E-state index in [1.54, 1.807) is 0 Å². The summed E-state index contributed by atoms with van der Waals surface area (Å²) < 4.78 is 0. The fraction of sp³-hybridized carbons (Fsp3) is 0.286. The summed E-state index contributed by atoms with van der Waals surface area (Å²) in [5.74, 6) is -0.132. The van der Waals surface area contributed by atoms with Gasteiger partial charge in [-0.1, -0.05) is 43.7 Å². The minimum absolute atomic E-state index is 0.326. The predicted molar refractivity (Wildman–Crippen MR) is 74.9 cm³/mol. The molecule has 0 aliphatic carbocycles. The zero-order chi connectivity index (χ0) is 13.3. The van der Waals surface area contributed by atoms with Gasteiger partial charge in [0.05, 0.1) is 5.69 Å². The molecule has 18 heavy (non-hydrogen) atoms. The summed E-state index contributed by atoms with van der Waals surface area (Å²) in [6.07, 6.45) is 0. The number of carbonyl (C=O) groups excluding carboxylic acids is 1. The van der Waals surface area contributed by atoms with Crippen LogP contribution in [0.2, 0.25) is 0 Å². The Bertz CT molecular complexity index is 570. The van der Waals surface area contributed by atoms with Crippen LogP contribution in [0, 0.1) is 6.92 Å². The molecule has 0 bridgehead atoms. The molecule has 2 aromatic rings. The average Bonchev–Trinajstić information content (AvgIpc) is 2.75. The van der Waals surface area contributed by atoms with Crippen molar-refractivity contribution in [3.63, 3.8) is 0 Å². The molecule has 0 aliphatic heterocycles. The summed E-state index contributed by atoms with van der Waals surface area (Å²) in [5.41, 5.74) is 8.42. The minimum Gasteiger partial charge on any atom is -0.364 e. The second kappa shape index (κ2) is 4.90. The lowest BCUT2D eigenvalue weighted by Crippen LogP contribution is -2.10. The lowest BCUT2D eigenvalue weighted by Gasteiger charge is -2.05. The first kappa shape index (κ1) is 12.8. The highest BCUT2D eigenvalue weighted by molar-refractivity contribution is 7.14. The Morgan fingerprint density at radius 2 is 1.89 bits per heavy atom. The van der Waals surface area contributed by atoms with Gasteiger partial charge >= 0.3 is 0 Å². The quantitative estimate of drug-likeness (QED) is 0.920. The predicted octanol–water partition coefficient (Wildman–Crippen LogP) is 3.34. The first-order valence-electron chi connectivity index (χ1n) is 5.86. The van der Waals surface area contributed by atoms with Crippen molar-refractivity contribution in [3.8, 4) is 11.3 Å². The Morgan fingerprint density at radius 3 is 2.39 bits per heavy atom. The molecule has 0 saturated heterocycles. The zero-order valence-electron chi connectivity index (χ0n) is 10.7. The van der Waals surface area contributed by atoms with Gasteiger partial charge < -0.3 is 5.73 Å². The van der Waals surface area contributed by atoms with Gasteiger partial charge in [0, 0.05) is 10.4 Å². The van der Waals surface area contributed by atoms with Crippen LogP contribution in [0.15, 0.2) is 24.3 Å². The van der Waals surface area contributed by atoms with Crippen molar-refractivity contribution < 1.29 is 4.79 Å². The highest BCUT2D eigenvalue weighted by atomic mass is 32.1. The second-order valence-electron chi connectivity index (χ2n) is 4.62. The third kappa shape index (κ3) is 2.43. The van der Waals surface area contributed by atoms with Crippen LogP contribution in [0.4, 0.5) is 0 Å². The Morgan fingerprint density at radius 1 is 1.28 bits per heavy atom. The molecule has 1 amide bonds. The maximum Gasteiger partial charge on any atom is 0.277 e. The van der Waals surface area contributed by atoms with E-state index in [4.69, 9.17) is 5.73 Å². The van der Waals surface area contributed by atoms with Gasteiger partial charge in [-0.2, -0.15) is 0 Å². The number of hydrogen-bond acceptors (Lipinski definition) is 3. The van der Waals surface area contributed by atoms with Crippen LogP contribution < -0.4 is 5.73 Å². The van der Waals surface area contributed by atoms with Crippen molar-refractivity contribution >= 4 is 17.2 Å². The molecule has 2 rings (SSSR count). The first-order valence-corrected chi connectivity index (χ1v) is 6.68. The molecule has 0 spiro atoms. The van der Waals surface area contributed by atoms with Crippen LogP contribution in [0.5, 0.6) is 0 Å². The first-order chi connectivity index (χ1) is 8.49. The molecular formula is C14H16N2OS. The van der Waals surface area contributed by atoms with E-state index in [1.807, 2.05) is 31.2 Å². The number of aromatic nitrogens is 1. The van der Waals surface area contributed by atoms with Crippen molar-refractivity contribution in [2.24, 2.45) is 5.73 Å². The molecular weight excluding hydrogens is 244 g/mol. The third-order valence-electron chi connectivity index (χ3n) is 2.71. The van der Waals surface area contributed by atoms with E-state index in [1.165, 1.54) is 16.9 Å². The van der Waals surface area contributed by atoms with Crippen LogP contribution in [0.3, 0.4) is 0 Å². The van der Waals surface area contributed by atoms with Crippen molar-refractivity contribution in [1.82, 2.24) is 4.98 Å². The highest BCUT2D eigenvalue weighted by Gasteiger charge is 2.18. The van der Waals surface area contributed by atoms with E-state index in [0.717, 1.165) is 16.1 Å². The van der Waals surface area contributed by atoms with Gasteiger partial charge in [-0.25, -0.2) is 4.98 Å². The minimum atomic E-state index is -0.458. The summed E-state index contributed by atoms with van der Waals surface area (Å²) >= 11 is 1.39. The van der Waals surface area contributed by atoms with E-state index >= 15 is 0 Å². The Balaban J connectivity index is 2.54. The summed E-state index contributed by atoms with van der Waals surface area (Å²) in [7, 11) is 0. The van der Waals surface area contributed by atoms with E-state index < -0.39 is 5.91 Å². The number of carbonyl (C=O) groups is 1. The molecule has 1 aromatic carbocycles. The molecule has 0 radical (unpaired) electrons. The van der Waals surface area contributed by atoms with E-state index in [-0.39, 0.29) is 0 Å². The number of benzene rings is 1. The molecule has 0 saturated carbocycles. The lowest BCUT2D eigenvalue weighted by atomic mass is 10.0. The normalized spacial score (nSPS) is 10.9. The van der Waals surface area contributed by atoms with Crippen LogP contribution in [-0.4, -0.2) is 10.9 Å². The molecule has 4 heteroatoms. The van der Waals surface area contributed by atoms with Gasteiger partial charge in [-0.15, -0.1) is 11.3 Å². The smallest absolute Gasteiger partial charge is 0.277 e. The van der Waals surface area contributed by atoms with Crippen molar-refractivity contribution in [1.29, 1.82) is 0 Å². The molecule has 0 unspecified atom stereocenters. The number of nitrogens with zero attached hydrogens (tertiary/aromatic N) is 1. The maximum atomic E-state index is 11.2. The van der Waals surface area contributed by atoms with E-state index in [2.05, 4.69) is 18.8 Å².